The lowest BCUT2D eigenvalue weighted by molar-refractivity contribution is -0.134. The second-order valence-corrected chi connectivity index (χ2v) is 8.07. The highest BCUT2D eigenvalue weighted by Gasteiger charge is 2.50. The molecule has 2 fully saturated rings. The monoisotopic (exact) mass is 388 g/mol. The van der Waals surface area contributed by atoms with Crippen molar-refractivity contribution < 1.29 is 14.7 Å². The zero-order valence-corrected chi connectivity index (χ0v) is 16.3. The Morgan fingerprint density at radius 1 is 1.07 bits per heavy atom. The molecule has 0 radical (unpaired) electrons. The topological polar surface area (TPSA) is 81.4 Å². The number of rotatable bonds is 5. The number of benzene rings is 2. The highest BCUT2D eigenvalue weighted by molar-refractivity contribution is 5.95. The first-order valence-electron chi connectivity index (χ1n) is 10.1. The number of hydrogen-bond acceptors (Lipinski definition) is 4. The van der Waals surface area contributed by atoms with E-state index in [1.807, 2.05) is 48.5 Å². The number of nitriles is 1. The number of Topliss-reactive ketones (excluding diaryl/α,β-unsaturated/α-hetero) is 1. The Morgan fingerprint density at radius 3 is 2.38 bits per heavy atom. The number of carbonyl (C=O) groups excluding carboxylic acids is 2. The van der Waals surface area contributed by atoms with Gasteiger partial charge in [0.15, 0.2) is 5.78 Å². The Labute approximate surface area is 170 Å². The summed E-state index contributed by atoms with van der Waals surface area (Å²) in [5.74, 6) is -0.187. The normalized spacial score (nSPS) is 18.1. The summed E-state index contributed by atoms with van der Waals surface area (Å²) in [6.45, 7) is 1.09. The molecule has 2 aliphatic rings. The Kier molecular flexibility index (Phi) is 5.21. The predicted molar refractivity (Wildman–Crippen MR) is 109 cm³/mol. The molecule has 1 heterocycles. The number of nitrogens with zero attached hydrogens (tertiary/aromatic N) is 2. The van der Waals surface area contributed by atoms with Gasteiger partial charge >= 0.3 is 0 Å². The van der Waals surface area contributed by atoms with Crippen molar-refractivity contribution in [2.45, 2.75) is 37.7 Å². The molecule has 1 N–H and O–H groups in total. The van der Waals surface area contributed by atoms with Crippen LogP contribution in [0.2, 0.25) is 0 Å². The van der Waals surface area contributed by atoms with Gasteiger partial charge in [0.2, 0.25) is 0 Å². The van der Waals surface area contributed by atoms with Crippen molar-refractivity contribution in [3.63, 3.8) is 0 Å². The van der Waals surface area contributed by atoms with Gasteiger partial charge in [-0.25, -0.2) is 0 Å². The van der Waals surface area contributed by atoms with Crippen LogP contribution in [0.4, 0.5) is 0 Å². The fourth-order valence-electron chi connectivity index (χ4n) is 4.03. The lowest BCUT2D eigenvalue weighted by Crippen LogP contribution is -2.42. The number of hydrogen-bond donors (Lipinski definition) is 1. The van der Waals surface area contributed by atoms with E-state index in [0.29, 0.717) is 50.8 Å². The molecule has 2 aromatic rings. The van der Waals surface area contributed by atoms with Gasteiger partial charge in [0.25, 0.3) is 5.91 Å². The van der Waals surface area contributed by atoms with E-state index in [1.54, 1.807) is 4.90 Å². The largest absolute Gasteiger partial charge is 0.382 e. The summed E-state index contributed by atoms with van der Waals surface area (Å²) in [5.41, 5.74) is 2.56. The fraction of sp³-hybridized carbons (Fsp3) is 0.375. The first-order valence-corrected chi connectivity index (χ1v) is 10.1. The summed E-state index contributed by atoms with van der Waals surface area (Å²) in [5, 5.41) is 18.9. The molecule has 148 valence electrons. The maximum atomic E-state index is 12.8. The molecular formula is C24H24N2O3. The van der Waals surface area contributed by atoms with Gasteiger partial charge in [0.05, 0.1) is 12.5 Å². The average molecular weight is 388 g/mol. The summed E-state index contributed by atoms with van der Waals surface area (Å²) in [6.07, 6.45) is 2.78. The second-order valence-electron chi connectivity index (χ2n) is 8.07. The van der Waals surface area contributed by atoms with E-state index in [-0.39, 0.29) is 17.6 Å². The lowest BCUT2D eigenvalue weighted by Gasteiger charge is -2.32. The minimum absolute atomic E-state index is 0.0224. The van der Waals surface area contributed by atoms with Gasteiger partial charge < -0.3 is 10.0 Å². The third kappa shape index (κ3) is 4.08. The average Bonchev–Trinajstić information content (AvgIpc) is 3.52. The second kappa shape index (κ2) is 7.81. The van der Waals surface area contributed by atoms with Crippen molar-refractivity contribution in [3.05, 3.63) is 59.7 Å². The molecule has 0 aromatic heterocycles. The molecule has 0 unspecified atom stereocenters. The summed E-state index contributed by atoms with van der Waals surface area (Å²) >= 11 is 0. The molecule has 0 spiro atoms. The Morgan fingerprint density at radius 2 is 1.76 bits per heavy atom. The molecule has 0 bridgehead atoms. The minimum Gasteiger partial charge on any atom is -0.382 e. The molecule has 1 saturated carbocycles. The SMILES string of the molecule is N#CCc1cccc(-c2ccc(C(=O)N3CCC(C(=O)C4(O)CC4)CC3)cc2)c1. The number of likely N-dealkylation sites (tertiary alicyclic amines) is 1. The van der Waals surface area contributed by atoms with E-state index in [2.05, 4.69) is 6.07 Å². The number of piperidine rings is 1. The van der Waals surface area contributed by atoms with Crippen LogP contribution in [0.5, 0.6) is 0 Å². The molecule has 1 aliphatic heterocycles. The van der Waals surface area contributed by atoms with Crippen LogP contribution in [0.15, 0.2) is 48.5 Å². The molecule has 1 aliphatic carbocycles. The van der Waals surface area contributed by atoms with Crippen LogP contribution < -0.4 is 0 Å². The molecule has 0 atom stereocenters. The van der Waals surface area contributed by atoms with Crippen molar-refractivity contribution in [1.82, 2.24) is 4.90 Å². The van der Waals surface area contributed by atoms with Crippen molar-refractivity contribution in [2.24, 2.45) is 5.92 Å². The van der Waals surface area contributed by atoms with Crippen LogP contribution in [0, 0.1) is 17.2 Å². The van der Waals surface area contributed by atoms with Gasteiger partial charge in [-0.3, -0.25) is 9.59 Å². The maximum Gasteiger partial charge on any atom is 0.253 e. The van der Waals surface area contributed by atoms with Gasteiger partial charge in [0, 0.05) is 24.6 Å². The number of carbonyl (C=O) groups is 2. The van der Waals surface area contributed by atoms with Gasteiger partial charge in [-0.05, 0) is 54.5 Å². The van der Waals surface area contributed by atoms with Crippen LogP contribution in [0.25, 0.3) is 11.1 Å². The number of amides is 1. The zero-order chi connectivity index (χ0) is 20.4. The first kappa shape index (κ1) is 19.4. The molecule has 29 heavy (non-hydrogen) atoms. The number of ketones is 1. The maximum absolute atomic E-state index is 12.8. The van der Waals surface area contributed by atoms with Crippen LogP contribution in [0.3, 0.4) is 0 Å². The lowest BCUT2D eigenvalue weighted by atomic mass is 9.88. The molecule has 5 nitrogen and oxygen atoms in total. The van der Waals surface area contributed by atoms with Crippen LogP contribution >= 0.6 is 0 Å². The van der Waals surface area contributed by atoms with Crippen LogP contribution in [-0.2, 0) is 11.2 Å². The molecule has 4 rings (SSSR count). The van der Waals surface area contributed by atoms with Crippen molar-refractivity contribution in [2.75, 3.05) is 13.1 Å². The Bertz CT molecular complexity index is 962. The van der Waals surface area contributed by atoms with Gasteiger partial charge in [-0.15, -0.1) is 0 Å². The fourth-order valence-corrected chi connectivity index (χ4v) is 4.03. The van der Waals surface area contributed by atoms with E-state index in [0.717, 1.165) is 16.7 Å². The quantitative estimate of drug-likeness (QED) is 0.851. The minimum atomic E-state index is -1.07. The van der Waals surface area contributed by atoms with Gasteiger partial charge in [-0.2, -0.15) is 5.26 Å². The smallest absolute Gasteiger partial charge is 0.253 e. The van der Waals surface area contributed by atoms with E-state index >= 15 is 0 Å². The van der Waals surface area contributed by atoms with E-state index in [1.165, 1.54) is 0 Å². The van der Waals surface area contributed by atoms with Crippen molar-refractivity contribution in [1.29, 1.82) is 5.26 Å². The predicted octanol–water partition coefficient (Wildman–Crippen LogP) is 3.37. The molecule has 1 amide bonds. The zero-order valence-electron chi connectivity index (χ0n) is 16.3. The molecule has 5 heteroatoms. The summed E-state index contributed by atoms with van der Waals surface area (Å²) in [4.78, 5) is 26.9. The Balaban J connectivity index is 1.39. The summed E-state index contributed by atoms with van der Waals surface area (Å²) in [6, 6.07) is 17.5. The third-order valence-electron chi connectivity index (χ3n) is 6.01. The third-order valence-corrected chi connectivity index (χ3v) is 6.01. The highest BCUT2D eigenvalue weighted by atomic mass is 16.3. The van der Waals surface area contributed by atoms with Gasteiger partial charge in [0.1, 0.15) is 5.60 Å². The standard InChI is InChI=1S/C24H24N2O3/c25-13-8-17-2-1-3-21(16-17)18-4-6-20(7-5-18)23(28)26-14-9-19(10-15-26)22(27)24(29)11-12-24/h1-7,16,19,29H,8-12,14-15H2. The molecule has 2 aromatic carbocycles. The first-order chi connectivity index (χ1) is 14.0. The van der Waals surface area contributed by atoms with E-state index < -0.39 is 5.60 Å². The Hall–Kier alpha value is -2.97. The molecular weight excluding hydrogens is 364 g/mol. The van der Waals surface area contributed by atoms with E-state index in [9.17, 15) is 14.7 Å². The van der Waals surface area contributed by atoms with Crippen molar-refractivity contribution >= 4 is 11.7 Å². The van der Waals surface area contributed by atoms with Crippen LogP contribution in [0.1, 0.15) is 41.6 Å². The van der Waals surface area contributed by atoms with Gasteiger partial charge in [-0.1, -0.05) is 36.4 Å². The summed E-state index contributed by atoms with van der Waals surface area (Å²) < 4.78 is 0. The van der Waals surface area contributed by atoms with E-state index in [4.69, 9.17) is 5.26 Å². The van der Waals surface area contributed by atoms with Crippen molar-refractivity contribution in [3.8, 4) is 17.2 Å². The van der Waals surface area contributed by atoms with Crippen LogP contribution in [-0.4, -0.2) is 40.4 Å². The molecule has 1 saturated heterocycles. The summed E-state index contributed by atoms with van der Waals surface area (Å²) in [7, 11) is 0. The highest BCUT2D eigenvalue weighted by Crippen LogP contribution is 2.40. The number of aliphatic hydroxyl groups is 1.